The standard InChI is InChI=1S/C14H28O6.2C9H19O6.2Rf/c1-17-11-13(15)5-9-19-7-3-4-8-20-10-6-14(16)12-18-2;2*1-13-4-8(11)6-15-7-9(12)5-14-3-2-10;;/h13-16H,1-12H2;2*8-12H,1-7H2;;/q-2;2*-1;;. The Bertz CT molecular complexity index is 574. The third-order valence-corrected chi connectivity index (χ3v) is 5.59. The number of ether oxygens (including phenoxy) is 10. The van der Waals surface area contributed by atoms with Crippen molar-refractivity contribution in [2.45, 2.75) is 62.3 Å². The molecule has 6 unspecified atom stereocenters. The summed E-state index contributed by atoms with van der Waals surface area (Å²) in [6, 6.07) is 0. The fourth-order valence-corrected chi connectivity index (χ4v) is 3.20. The Hall–Kier alpha value is -2.72. The Labute approximate surface area is 298 Å². The van der Waals surface area contributed by atoms with Crippen LogP contribution < -0.4 is 0 Å². The molecule has 0 aromatic rings. The monoisotopic (exact) mass is 1270 g/mol. The molecule has 18 nitrogen and oxygen atoms in total. The molecule has 0 heterocycles. The van der Waals surface area contributed by atoms with Crippen molar-refractivity contribution < 1.29 is 88.2 Å². The van der Waals surface area contributed by atoms with Gasteiger partial charge in [0.15, 0.2) is 0 Å². The van der Waals surface area contributed by atoms with Gasteiger partial charge in [-0.15, -0.1) is 0 Å². The van der Waals surface area contributed by atoms with E-state index in [0.29, 0.717) is 39.3 Å². The fourth-order valence-electron chi connectivity index (χ4n) is 3.20. The first-order chi connectivity index (χ1) is 24.1. The van der Waals surface area contributed by atoms with Gasteiger partial charge in [0, 0.05) is 52.9 Å². The molecule has 52 heavy (non-hydrogen) atoms. The van der Waals surface area contributed by atoms with Gasteiger partial charge < -0.3 is 88.2 Å². The van der Waals surface area contributed by atoms with Crippen LogP contribution >= 0.6 is 0 Å². The van der Waals surface area contributed by atoms with Crippen molar-refractivity contribution in [2.24, 2.45) is 0 Å². The van der Waals surface area contributed by atoms with Gasteiger partial charge in [-0.2, -0.15) is 0 Å². The van der Waals surface area contributed by atoms with Crippen molar-refractivity contribution in [2.75, 3.05) is 119 Å². The zero-order chi connectivity index (χ0) is 38.1. The van der Waals surface area contributed by atoms with E-state index in [1.165, 1.54) is 0 Å². The molecule has 0 aliphatic rings. The van der Waals surface area contributed by atoms with E-state index in [9.17, 15) is 20.4 Å². The second-order valence-electron chi connectivity index (χ2n) is 10.6. The van der Waals surface area contributed by atoms with Gasteiger partial charge in [0.25, 0.3) is 0 Å². The van der Waals surface area contributed by atoms with E-state index >= 15 is 0 Å². The second-order valence-corrected chi connectivity index (χ2v) is 10.6. The van der Waals surface area contributed by atoms with Gasteiger partial charge in [0.05, 0.1) is 90.5 Å². The minimum absolute atomic E-state index is 0. The van der Waals surface area contributed by atoms with E-state index < -0.39 is 36.6 Å². The van der Waals surface area contributed by atoms with E-state index in [0.717, 1.165) is 12.8 Å². The van der Waals surface area contributed by atoms with Crippen molar-refractivity contribution in [3.63, 3.8) is 0 Å². The average Bonchev–Trinajstić information content (AvgIpc) is 3.07. The number of rotatable bonds is 35. The summed E-state index contributed by atoms with van der Waals surface area (Å²) in [5.41, 5.74) is 0. The molecule has 0 amide bonds. The molecule has 8 N–H and O–H groups in total. The Morgan fingerprint density at radius 2 is 0.596 bits per heavy atom. The number of aliphatic hydroxyl groups is 8. The number of unbranched alkanes of at least 4 members (excludes halogenated alkanes) is 1. The molecule has 0 radical (unpaired) electrons. The predicted molar refractivity (Wildman–Crippen MR) is 179 cm³/mol. The maximum atomic E-state index is 9.33. The van der Waals surface area contributed by atoms with Crippen molar-refractivity contribution in [3.05, 3.63) is 28.4 Å². The van der Waals surface area contributed by atoms with Crippen molar-refractivity contribution in [1.82, 2.24) is 0 Å². The first kappa shape index (κ1) is 58.6. The molecule has 310 valence electrons. The van der Waals surface area contributed by atoms with Gasteiger partial charge in [0.1, 0.15) is 12.2 Å². The van der Waals surface area contributed by atoms with Crippen LogP contribution in [-0.4, -0.2) is 196 Å². The van der Waals surface area contributed by atoms with Crippen LogP contribution in [-0.2, 0) is 47.4 Å². The molecule has 0 spiro atoms. The molecule has 0 fully saturated rings. The molecule has 0 aliphatic heterocycles. The fraction of sp³-hybridized carbons (Fsp3) is 0.875. The maximum Gasteiger partial charge on any atom is 0.101 e. The first-order valence-corrected chi connectivity index (χ1v) is 16.4. The van der Waals surface area contributed by atoms with Crippen LogP contribution in [0.1, 0.15) is 25.7 Å². The van der Waals surface area contributed by atoms with E-state index in [1.54, 1.807) is 0 Å². The molecular weight excluding hydrogens is 1210 g/mol. The van der Waals surface area contributed by atoms with Crippen LogP contribution in [0.4, 0.5) is 0 Å². The Morgan fingerprint density at radius 1 is 0.327 bits per heavy atom. The van der Waals surface area contributed by atoms with Crippen LogP contribution in [0.25, 0.3) is 0 Å². The molecule has 20 heteroatoms. The van der Waals surface area contributed by atoms with Gasteiger partial charge in [0.2, 0.25) is 0 Å². The summed E-state index contributed by atoms with van der Waals surface area (Å²) in [6.45, 7) is 3.72. The minimum Gasteiger partial charge on any atom is -0.553 e. The smallest absolute Gasteiger partial charge is 0.101 e. The van der Waals surface area contributed by atoms with Crippen molar-refractivity contribution in [1.29, 1.82) is 0 Å². The van der Waals surface area contributed by atoms with Crippen molar-refractivity contribution >= 4 is 0 Å². The van der Waals surface area contributed by atoms with Gasteiger partial charge in [-0.1, -0.05) is 0 Å². The SMILES string of the molecule is [CH2-]OCC(O)CCOCCCCOCCC(O)CO[CH2-].[CH2-]OCC(O)COCC(O)COCCO.[CH2-]OCC(O)COCC(O)COCCO.[Rf].[Rf]. The summed E-state index contributed by atoms with van der Waals surface area (Å²) < 4.78 is 48.5. The largest absolute Gasteiger partial charge is 0.553 e. The van der Waals surface area contributed by atoms with Gasteiger partial charge >= 0.3 is 0 Å². The van der Waals surface area contributed by atoms with Gasteiger partial charge in [-0.25, -0.2) is 28.4 Å². The number of hydrogen-bond acceptors (Lipinski definition) is 18. The maximum absolute atomic E-state index is 9.33. The molecule has 0 rings (SSSR count). The summed E-state index contributed by atoms with van der Waals surface area (Å²) in [7, 11) is 12.6. The summed E-state index contributed by atoms with van der Waals surface area (Å²) in [5.74, 6) is 0. The molecule has 0 bridgehead atoms. The van der Waals surface area contributed by atoms with Crippen LogP contribution in [0, 0.1) is 28.4 Å². The Balaban J connectivity index is -0.000000212. The second kappa shape index (κ2) is 48.3. The predicted octanol–water partition coefficient (Wildman–Crippen LogP) is -2.00. The van der Waals surface area contributed by atoms with Crippen LogP contribution in [0.15, 0.2) is 0 Å². The zero-order valence-electron chi connectivity index (χ0n) is 30.9. The quantitative estimate of drug-likeness (QED) is 0.0253. The minimum atomic E-state index is -0.760. The average molecular weight is 1270 g/mol. The first-order valence-electron chi connectivity index (χ1n) is 16.4. The van der Waals surface area contributed by atoms with Crippen LogP contribution in [0.3, 0.4) is 0 Å². The van der Waals surface area contributed by atoms with Crippen molar-refractivity contribution in [3.8, 4) is 0 Å². The molecule has 0 saturated heterocycles. The van der Waals surface area contributed by atoms with E-state index in [4.69, 9.17) is 48.8 Å². The topological polar surface area (TPSA) is 254 Å². The third kappa shape index (κ3) is 51.6. The summed E-state index contributed by atoms with van der Waals surface area (Å²) in [5, 5.41) is 72.3. The third-order valence-electron chi connectivity index (χ3n) is 5.59. The van der Waals surface area contributed by atoms with E-state index in [1.807, 2.05) is 0 Å². The Morgan fingerprint density at radius 3 is 0.885 bits per heavy atom. The van der Waals surface area contributed by atoms with Gasteiger partial charge in [-0.05, 0) is 25.7 Å². The van der Waals surface area contributed by atoms with E-state index in [2.05, 4.69) is 47.4 Å². The van der Waals surface area contributed by atoms with Gasteiger partial charge in [-0.3, -0.25) is 0 Å². The number of aliphatic hydroxyl groups excluding tert-OH is 8. The summed E-state index contributed by atoms with van der Waals surface area (Å²) >= 11 is 0. The zero-order valence-corrected chi connectivity index (χ0v) is 43.7. The molecular formula is C32H66O18Rf2-4. The normalized spacial score (nSPS) is 14.3. The van der Waals surface area contributed by atoms with Crippen LogP contribution in [0.5, 0.6) is 0 Å². The Kier molecular flexibility index (Phi) is 54.4. The molecule has 0 aromatic carbocycles. The van der Waals surface area contributed by atoms with Crippen LogP contribution in [0.2, 0.25) is 0 Å². The molecule has 0 saturated carbocycles. The number of hydrogen-bond donors (Lipinski definition) is 8. The summed E-state index contributed by atoms with van der Waals surface area (Å²) in [6.07, 6.45) is -1.10. The molecule has 6 atom stereocenters. The summed E-state index contributed by atoms with van der Waals surface area (Å²) in [4.78, 5) is 0. The molecule has 0 aliphatic carbocycles. The molecule has 0 aromatic heterocycles. The van der Waals surface area contributed by atoms with E-state index in [-0.39, 0.29) is 92.5 Å².